The maximum absolute atomic E-state index is 14.2. The van der Waals surface area contributed by atoms with Crippen LogP contribution in [0.3, 0.4) is 0 Å². The molecule has 1 saturated carbocycles. The fourth-order valence-corrected chi connectivity index (χ4v) is 10.7. The molecule has 226 valence electrons. The predicted octanol–water partition coefficient (Wildman–Crippen LogP) is 6.18. The summed E-state index contributed by atoms with van der Waals surface area (Å²) in [5, 5.41) is 0. The van der Waals surface area contributed by atoms with Crippen LogP contribution in [0.2, 0.25) is 19.6 Å². The van der Waals surface area contributed by atoms with Gasteiger partial charge in [-0.25, -0.2) is 4.79 Å². The van der Waals surface area contributed by atoms with Gasteiger partial charge in [0.05, 0.1) is 31.4 Å². The molecular formula is C34H46N2O5Si. The molecule has 2 aromatic rings. The van der Waals surface area contributed by atoms with E-state index in [0.717, 1.165) is 44.5 Å². The summed E-state index contributed by atoms with van der Waals surface area (Å²) in [6.45, 7) is 11.0. The Morgan fingerprint density at radius 3 is 2.48 bits per heavy atom. The number of para-hydroxylation sites is 1. The highest BCUT2D eigenvalue weighted by molar-refractivity contribution is 6.69. The Labute approximate surface area is 251 Å². The molecule has 3 bridgehead atoms. The summed E-state index contributed by atoms with van der Waals surface area (Å²) < 4.78 is 26.0. The van der Waals surface area contributed by atoms with Gasteiger partial charge in [-0.05, 0) is 68.4 Å². The van der Waals surface area contributed by atoms with Gasteiger partial charge in [-0.1, -0.05) is 55.5 Å². The van der Waals surface area contributed by atoms with Gasteiger partial charge in [-0.3, -0.25) is 4.90 Å². The summed E-state index contributed by atoms with van der Waals surface area (Å²) in [5.74, 6) is 0.768. The number of hydrogen-bond acceptors (Lipinski definition) is 6. The van der Waals surface area contributed by atoms with Crippen molar-refractivity contribution >= 4 is 20.1 Å². The molecule has 2 unspecified atom stereocenters. The van der Waals surface area contributed by atoms with Crippen molar-refractivity contribution < 1.29 is 23.4 Å². The molecule has 3 saturated heterocycles. The molecule has 1 amide bonds. The Bertz CT molecular complexity index is 1300. The lowest BCUT2D eigenvalue weighted by molar-refractivity contribution is -0.223. The summed E-state index contributed by atoms with van der Waals surface area (Å²) in [6.07, 6.45) is 3.36. The van der Waals surface area contributed by atoms with E-state index in [1.807, 2.05) is 30.3 Å². The van der Waals surface area contributed by atoms with Crippen LogP contribution in [0.5, 0.6) is 0 Å². The minimum absolute atomic E-state index is 0.0125. The van der Waals surface area contributed by atoms with E-state index in [9.17, 15) is 4.79 Å². The number of carbonyl (C=O) groups is 1. The quantitative estimate of drug-likeness (QED) is 0.359. The highest BCUT2D eigenvalue weighted by atomic mass is 28.4. The number of fused-ring (bicyclic) bond motifs is 3. The van der Waals surface area contributed by atoms with Crippen LogP contribution in [-0.4, -0.2) is 70.1 Å². The number of piperidine rings is 2. The standard InChI is InChI=1S/C34H46N2O5Si/c1-6-23(32-38-17-12-18-39-32)24-19-27-30-34(25-15-10-11-16-26(25)35(30)2)20-28(29(24)31(34)41-42(3,4)5)36(27)33(37)40-21-22-13-8-7-9-14-22/h7-11,13-16,23-24,27-32H,6,12,17-21H2,1-5H3/t23-,24-,27-,28?,29?,30-,31+,34+/m0/s1. The lowest BCUT2D eigenvalue weighted by atomic mass is 9.67. The third-order valence-electron chi connectivity index (χ3n) is 10.8. The van der Waals surface area contributed by atoms with E-state index in [1.165, 1.54) is 11.3 Å². The third kappa shape index (κ3) is 4.35. The van der Waals surface area contributed by atoms with Crippen LogP contribution in [0.15, 0.2) is 54.6 Å². The minimum Gasteiger partial charge on any atom is -0.445 e. The fraction of sp³-hybridized carbons (Fsp3) is 0.618. The van der Waals surface area contributed by atoms with E-state index >= 15 is 0 Å². The Morgan fingerprint density at radius 2 is 1.76 bits per heavy atom. The molecule has 5 aliphatic rings. The second-order valence-electron chi connectivity index (χ2n) is 14.1. The van der Waals surface area contributed by atoms with Crippen LogP contribution >= 0.6 is 0 Å². The largest absolute Gasteiger partial charge is 0.445 e. The molecule has 7 rings (SSSR count). The zero-order chi connectivity index (χ0) is 29.2. The van der Waals surface area contributed by atoms with E-state index in [0.29, 0.717) is 5.92 Å². The molecule has 1 spiro atoms. The Kier molecular flexibility index (Phi) is 7.20. The predicted molar refractivity (Wildman–Crippen MR) is 165 cm³/mol. The first kappa shape index (κ1) is 28.4. The Hall–Kier alpha value is -2.39. The molecule has 7 nitrogen and oxygen atoms in total. The van der Waals surface area contributed by atoms with Crippen molar-refractivity contribution in [3.8, 4) is 0 Å². The van der Waals surface area contributed by atoms with Crippen molar-refractivity contribution in [1.82, 2.24) is 4.90 Å². The van der Waals surface area contributed by atoms with Crippen LogP contribution in [0.1, 0.15) is 43.7 Å². The summed E-state index contributed by atoms with van der Waals surface area (Å²) in [7, 11) is 0.257. The molecule has 8 heteroatoms. The SMILES string of the molecule is CC[C@H](C1OCCCO1)[C@@H]1C[C@H]2[C@@H]3N(C)c4ccccc4[C@]34CC(C1[C@H]4O[Si](C)(C)C)N2C(=O)OCc1ccccc1. The molecule has 0 N–H and O–H groups in total. The van der Waals surface area contributed by atoms with E-state index in [1.54, 1.807) is 0 Å². The molecule has 1 aliphatic carbocycles. The highest BCUT2D eigenvalue weighted by Crippen LogP contribution is 2.67. The Morgan fingerprint density at radius 1 is 1.05 bits per heavy atom. The van der Waals surface area contributed by atoms with Crippen molar-refractivity contribution in [1.29, 1.82) is 0 Å². The zero-order valence-electron chi connectivity index (χ0n) is 25.7. The van der Waals surface area contributed by atoms with Crippen LogP contribution in [0.25, 0.3) is 0 Å². The molecular weight excluding hydrogens is 544 g/mol. The van der Waals surface area contributed by atoms with Gasteiger partial charge in [-0.15, -0.1) is 0 Å². The number of benzene rings is 2. The Balaban J connectivity index is 1.33. The monoisotopic (exact) mass is 590 g/mol. The maximum atomic E-state index is 14.2. The smallest absolute Gasteiger partial charge is 0.410 e. The van der Waals surface area contributed by atoms with E-state index < -0.39 is 8.32 Å². The van der Waals surface area contributed by atoms with Crippen molar-refractivity contribution in [3.63, 3.8) is 0 Å². The zero-order valence-corrected chi connectivity index (χ0v) is 26.7. The molecule has 8 atom stereocenters. The van der Waals surface area contributed by atoms with E-state index in [-0.39, 0.29) is 60.5 Å². The van der Waals surface area contributed by atoms with Gasteiger partial charge in [0.15, 0.2) is 14.6 Å². The number of hydrogen-bond donors (Lipinski definition) is 0. The first-order valence-electron chi connectivity index (χ1n) is 16.0. The summed E-state index contributed by atoms with van der Waals surface area (Å²) in [4.78, 5) is 18.8. The highest BCUT2D eigenvalue weighted by Gasteiger charge is 2.75. The number of nitrogens with zero attached hydrogens (tertiary/aromatic N) is 2. The van der Waals surface area contributed by atoms with Crippen molar-refractivity contribution in [2.24, 2.45) is 17.8 Å². The van der Waals surface area contributed by atoms with Gasteiger partial charge in [0.25, 0.3) is 0 Å². The van der Waals surface area contributed by atoms with Crippen LogP contribution < -0.4 is 4.90 Å². The second-order valence-corrected chi connectivity index (χ2v) is 18.5. The van der Waals surface area contributed by atoms with Gasteiger partial charge >= 0.3 is 6.09 Å². The fourth-order valence-electron chi connectivity index (χ4n) is 9.54. The van der Waals surface area contributed by atoms with Gasteiger partial charge in [-0.2, -0.15) is 0 Å². The molecule has 2 aromatic carbocycles. The molecule has 0 radical (unpaired) electrons. The number of anilines is 1. The topological polar surface area (TPSA) is 60.5 Å². The lowest BCUT2D eigenvalue weighted by Gasteiger charge is -2.55. The average Bonchev–Trinajstić information content (AvgIpc) is 3.37. The van der Waals surface area contributed by atoms with Crippen molar-refractivity contribution in [2.75, 3.05) is 25.2 Å². The molecule has 42 heavy (non-hydrogen) atoms. The van der Waals surface area contributed by atoms with Gasteiger partial charge in [0, 0.05) is 36.0 Å². The number of likely N-dealkylation sites (N-methyl/N-ethyl adjacent to an activating group) is 1. The van der Waals surface area contributed by atoms with E-state index in [4.69, 9.17) is 18.6 Å². The van der Waals surface area contributed by atoms with Crippen LogP contribution in [0.4, 0.5) is 10.5 Å². The second kappa shape index (κ2) is 10.6. The lowest BCUT2D eigenvalue weighted by Crippen LogP contribution is -2.67. The first-order chi connectivity index (χ1) is 20.2. The molecule has 4 heterocycles. The summed E-state index contributed by atoms with van der Waals surface area (Å²) in [6, 6.07) is 19.1. The van der Waals surface area contributed by atoms with Crippen LogP contribution in [0, 0.1) is 17.8 Å². The van der Waals surface area contributed by atoms with Gasteiger partial charge in [0.2, 0.25) is 0 Å². The molecule has 4 fully saturated rings. The molecule has 4 aliphatic heterocycles. The normalized spacial score (nSPS) is 34.3. The first-order valence-corrected chi connectivity index (χ1v) is 19.4. The number of rotatable bonds is 7. The number of amides is 1. The third-order valence-corrected chi connectivity index (χ3v) is 11.7. The van der Waals surface area contributed by atoms with Crippen LogP contribution in [-0.2, 0) is 30.7 Å². The number of carbonyl (C=O) groups excluding carboxylic acids is 1. The van der Waals surface area contributed by atoms with Crippen molar-refractivity contribution in [3.05, 3.63) is 65.7 Å². The van der Waals surface area contributed by atoms with Gasteiger partial charge < -0.3 is 23.5 Å². The van der Waals surface area contributed by atoms with Gasteiger partial charge in [0.1, 0.15) is 6.61 Å². The van der Waals surface area contributed by atoms with Crippen molar-refractivity contribution in [2.45, 2.75) is 94.8 Å². The summed E-state index contributed by atoms with van der Waals surface area (Å²) in [5.41, 5.74) is 3.52. The number of ether oxygens (including phenoxy) is 3. The maximum Gasteiger partial charge on any atom is 0.410 e. The minimum atomic E-state index is -1.97. The van der Waals surface area contributed by atoms with E-state index in [2.05, 4.69) is 67.7 Å². The summed E-state index contributed by atoms with van der Waals surface area (Å²) >= 11 is 0. The molecule has 0 aromatic heterocycles. The average molecular weight is 591 g/mol.